The topological polar surface area (TPSA) is 112 Å². The number of amides is 4. The number of rotatable bonds is 4. The molecule has 9 nitrogen and oxygen atoms in total. The van der Waals surface area contributed by atoms with Gasteiger partial charge in [0.05, 0.1) is 0 Å². The summed E-state index contributed by atoms with van der Waals surface area (Å²) in [4.78, 5) is 57.1. The van der Waals surface area contributed by atoms with Crippen LogP contribution in [0.1, 0.15) is 52.1 Å². The Morgan fingerprint density at radius 2 is 1.80 bits per heavy atom. The van der Waals surface area contributed by atoms with Crippen LogP contribution in [-0.4, -0.2) is 58.7 Å². The third-order valence-corrected chi connectivity index (χ3v) is 6.69. The van der Waals surface area contributed by atoms with Crippen molar-refractivity contribution in [2.24, 2.45) is 0 Å². The number of anilines is 1. The number of halogens is 2. The summed E-state index contributed by atoms with van der Waals surface area (Å²) in [5.74, 6) is -3.03. The molecule has 2 aromatic rings. The first-order chi connectivity index (χ1) is 16.8. The van der Waals surface area contributed by atoms with Gasteiger partial charge in [-0.25, -0.2) is 13.8 Å². The average Bonchev–Trinajstić information content (AvgIpc) is 3.17. The molecule has 2 saturated heterocycles. The van der Waals surface area contributed by atoms with Gasteiger partial charge >= 0.3 is 0 Å². The summed E-state index contributed by atoms with van der Waals surface area (Å²) in [6, 6.07) is 5.89. The maximum absolute atomic E-state index is 13.4. The van der Waals surface area contributed by atoms with Crippen LogP contribution in [0, 0.1) is 11.6 Å². The van der Waals surface area contributed by atoms with Gasteiger partial charge in [-0.2, -0.15) is 0 Å². The number of nitrogens with one attached hydrogen (secondary N) is 2. The molecular weight excluding hydrogens is 460 g/mol. The van der Waals surface area contributed by atoms with Crippen molar-refractivity contribution < 1.29 is 28.0 Å². The molecule has 5 rings (SSSR count). The molecule has 0 spiro atoms. The number of carbonyl (C=O) groups excluding carboxylic acids is 4. The van der Waals surface area contributed by atoms with Gasteiger partial charge < -0.3 is 15.1 Å². The van der Waals surface area contributed by atoms with Crippen LogP contribution in [0.5, 0.6) is 0 Å². The van der Waals surface area contributed by atoms with Gasteiger partial charge in [-0.3, -0.25) is 24.5 Å². The maximum Gasteiger partial charge on any atom is 0.273 e. The molecule has 1 aromatic heterocycles. The number of fused-ring (bicyclic) bond motifs is 1. The fraction of sp³-hybridized carbons (Fsp3) is 0.375. The molecule has 182 valence electrons. The predicted molar refractivity (Wildman–Crippen MR) is 119 cm³/mol. The molecule has 0 saturated carbocycles. The molecule has 2 N–H and O–H groups in total. The Bertz CT molecular complexity index is 1230. The SMILES string of the molecule is O=C1CCC(N2Cc3ccc(N4CCC(NC(=O)c5ccc(F)c(F)c5)CC4)nc3C2=O)C(=O)N1. The van der Waals surface area contributed by atoms with Crippen LogP contribution in [0.4, 0.5) is 14.6 Å². The van der Waals surface area contributed by atoms with Crippen molar-refractivity contribution in [3.8, 4) is 0 Å². The summed E-state index contributed by atoms with van der Waals surface area (Å²) in [7, 11) is 0. The molecular formula is C24H23F2N5O4. The minimum atomic E-state index is -1.07. The zero-order valence-corrected chi connectivity index (χ0v) is 18.7. The minimum absolute atomic E-state index is 0.0608. The van der Waals surface area contributed by atoms with Gasteiger partial charge in [0, 0.05) is 43.2 Å². The molecule has 11 heteroatoms. The van der Waals surface area contributed by atoms with Gasteiger partial charge in [0.15, 0.2) is 11.6 Å². The summed E-state index contributed by atoms with van der Waals surface area (Å²) in [5.41, 5.74) is 1.10. The quantitative estimate of drug-likeness (QED) is 0.638. The maximum atomic E-state index is 13.4. The first-order valence-corrected chi connectivity index (χ1v) is 11.5. The highest BCUT2D eigenvalue weighted by molar-refractivity contribution is 6.04. The van der Waals surface area contributed by atoms with Crippen molar-refractivity contribution in [2.45, 2.75) is 44.3 Å². The Balaban J connectivity index is 1.20. The lowest BCUT2D eigenvalue weighted by molar-refractivity contribution is -0.136. The number of pyridine rings is 1. The summed E-state index contributed by atoms with van der Waals surface area (Å²) in [6.45, 7) is 1.44. The first kappa shape index (κ1) is 22.9. The molecule has 35 heavy (non-hydrogen) atoms. The van der Waals surface area contributed by atoms with E-state index in [4.69, 9.17) is 0 Å². The molecule has 1 aromatic carbocycles. The third-order valence-electron chi connectivity index (χ3n) is 6.69. The number of hydrogen-bond acceptors (Lipinski definition) is 6. The lowest BCUT2D eigenvalue weighted by Gasteiger charge is -2.33. The summed E-state index contributed by atoms with van der Waals surface area (Å²) in [5, 5.41) is 5.14. The van der Waals surface area contributed by atoms with Gasteiger partial charge in [-0.05, 0) is 43.5 Å². The molecule has 2 fully saturated rings. The van der Waals surface area contributed by atoms with Gasteiger partial charge in [0.2, 0.25) is 11.8 Å². The van der Waals surface area contributed by atoms with E-state index in [0.29, 0.717) is 43.9 Å². The van der Waals surface area contributed by atoms with Gasteiger partial charge in [-0.1, -0.05) is 6.07 Å². The molecule has 1 unspecified atom stereocenters. The number of hydrogen-bond donors (Lipinski definition) is 2. The van der Waals surface area contributed by atoms with Gasteiger partial charge in [0.1, 0.15) is 17.6 Å². The standard InChI is InChI=1S/C24H23F2N5O4/c25-16-3-1-13(11-17(16)26)22(33)27-15-7-9-30(10-8-15)19-5-2-14-12-31(24(35)21(14)28-19)18-4-6-20(32)29-23(18)34/h1-3,5,11,15,18H,4,6-10,12H2,(H,27,33)(H,29,32,34). The van der Waals surface area contributed by atoms with Crippen LogP contribution in [0.2, 0.25) is 0 Å². The molecule has 1 atom stereocenters. The van der Waals surface area contributed by atoms with Crippen LogP contribution in [0.25, 0.3) is 0 Å². The van der Waals surface area contributed by atoms with Crippen molar-refractivity contribution in [2.75, 3.05) is 18.0 Å². The largest absolute Gasteiger partial charge is 0.356 e. The molecule has 0 aliphatic carbocycles. The Hall–Kier alpha value is -3.89. The number of piperidine rings is 2. The van der Waals surface area contributed by atoms with E-state index in [-0.39, 0.29) is 36.4 Å². The van der Waals surface area contributed by atoms with E-state index in [1.54, 1.807) is 0 Å². The van der Waals surface area contributed by atoms with Crippen LogP contribution in [-0.2, 0) is 16.1 Å². The highest BCUT2D eigenvalue weighted by Gasteiger charge is 2.40. The Morgan fingerprint density at radius 1 is 1.03 bits per heavy atom. The number of benzene rings is 1. The minimum Gasteiger partial charge on any atom is -0.356 e. The van der Waals surface area contributed by atoms with Crippen molar-refractivity contribution in [1.82, 2.24) is 20.5 Å². The van der Waals surface area contributed by atoms with Crippen LogP contribution < -0.4 is 15.5 Å². The molecule has 4 heterocycles. The number of nitrogens with zero attached hydrogens (tertiary/aromatic N) is 3. The Labute approximate surface area is 199 Å². The van der Waals surface area contributed by atoms with E-state index in [1.165, 1.54) is 11.0 Å². The second-order valence-electron chi connectivity index (χ2n) is 8.94. The highest BCUT2D eigenvalue weighted by atomic mass is 19.2. The van der Waals surface area contributed by atoms with E-state index >= 15 is 0 Å². The number of aromatic nitrogens is 1. The Morgan fingerprint density at radius 3 is 2.51 bits per heavy atom. The molecule has 0 radical (unpaired) electrons. The Kier molecular flexibility index (Phi) is 5.91. The van der Waals surface area contributed by atoms with Crippen molar-refractivity contribution in [1.29, 1.82) is 0 Å². The zero-order valence-electron chi connectivity index (χ0n) is 18.7. The van der Waals surface area contributed by atoms with E-state index in [2.05, 4.69) is 15.6 Å². The highest BCUT2D eigenvalue weighted by Crippen LogP contribution is 2.29. The second kappa shape index (κ2) is 9.05. The summed E-state index contributed by atoms with van der Waals surface area (Å²) in [6.07, 6.45) is 1.72. The lowest BCUT2D eigenvalue weighted by Crippen LogP contribution is -2.52. The summed E-state index contributed by atoms with van der Waals surface area (Å²) >= 11 is 0. The average molecular weight is 483 g/mol. The lowest BCUT2D eigenvalue weighted by atomic mass is 10.0. The second-order valence-corrected chi connectivity index (χ2v) is 8.94. The fourth-order valence-electron chi connectivity index (χ4n) is 4.75. The van der Waals surface area contributed by atoms with E-state index in [1.807, 2.05) is 17.0 Å². The van der Waals surface area contributed by atoms with Crippen molar-refractivity contribution in [3.05, 3.63) is 58.8 Å². The molecule has 0 bridgehead atoms. The number of imide groups is 1. The molecule has 4 amide bonds. The first-order valence-electron chi connectivity index (χ1n) is 11.5. The predicted octanol–water partition coefficient (Wildman–Crippen LogP) is 1.52. The fourth-order valence-corrected chi connectivity index (χ4v) is 4.75. The van der Waals surface area contributed by atoms with Gasteiger partial charge in [0.25, 0.3) is 11.8 Å². The monoisotopic (exact) mass is 483 g/mol. The van der Waals surface area contributed by atoms with Crippen LogP contribution in [0.3, 0.4) is 0 Å². The van der Waals surface area contributed by atoms with Crippen molar-refractivity contribution in [3.63, 3.8) is 0 Å². The van der Waals surface area contributed by atoms with Gasteiger partial charge in [-0.15, -0.1) is 0 Å². The zero-order chi connectivity index (χ0) is 24.7. The van der Waals surface area contributed by atoms with Crippen molar-refractivity contribution >= 4 is 29.4 Å². The van der Waals surface area contributed by atoms with Crippen LogP contribution in [0.15, 0.2) is 30.3 Å². The molecule has 3 aliphatic rings. The smallest absolute Gasteiger partial charge is 0.273 e. The van der Waals surface area contributed by atoms with E-state index in [0.717, 1.165) is 17.7 Å². The number of carbonyl (C=O) groups is 4. The summed E-state index contributed by atoms with van der Waals surface area (Å²) < 4.78 is 26.5. The molecule has 3 aliphatic heterocycles. The van der Waals surface area contributed by atoms with Crippen LogP contribution >= 0.6 is 0 Å². The third kappa shape index (κ3) is 4.45. The van der Waals surface area contributed by atoms with E-state index < -0.39 is 29.5 Å². The normalized spacial score (nSPS) is 20.6. The van der Waals surface area contributed by atoms with E-state index in [9.17, 15) is 28.0 Å².